The minimum atomic E-state index is -4.43. The highest BCUT2D eigenvalue weighted by Crippen LogP contribution is 2.42. The highest BCUT2D eigenvalue weighted by molar-refractivity contribution is 6.09. The van der Waals surface area contributed by atoms with Crippen molar-refractivity contribution in [1.82, 2.24) is 9.97 Å². The lowest BCUT2D eigenvalue weighted by molar-refractivity contribution is -0.137. The number of alkyl halides is 3. The summed E-state index contributed by atoms with van der Waals surface area (Å²) >= 11 is 0. The second-order valence-corrected chi connectivity index (χ2v) is 11.1. The van der Waals surface area contributed by atoms with Crippen LogP contribution in [0.2, 0.25) is 0 Å². The van der Waals surface area contributed by atoms with E-state index in [1.54, 1.807) is 19.3 Å². The topological polar surface area (TPSA) is 64.2 Å². The average molecular weight is 599 g/mol. The number of carbonyl (C=O) groups excluding carboxylic acids is 1. The standard InChI is InChI=1S/C36H33F3N2O3/c1-2-43-35(42)34-30(16-7-23-19-21-40-22-20-23)33-31(41-34)18-17-29(24-8-12-26(13-9-24)36(37,38)39)32(33)25-10-14-28(15-11-25)44-27-5-3-4-6-27/h8-15,17-22,27,41H,2-7,16H2,1H3. The molecule has 1 fully saturated rings. The van der Waals surface area contributed by atoms with Crippen LogP contribution in [0.5, 0.6) is 5.75 Å². The van der Waals surface area contributed by atoms with E-state index in [9.17, 15) is 18.0 Å². The van der Waals surface area contributed by atoms with Crippen LogP contribution in [-0.4, -0.2) is 28.6 Å². The number of nitrogens with zero attached hydrogens (tertiary/aromatic N) is 1. The second-order valence-electron chi connectivity index (χ2n) is 11.1. The Morgan fingerprint density at radius 2 is 1.57 bits per heavy atom. The summed E-state index contributed by atoms with van der Waals surface area (Å²) in [6.07, 6.45) is 4.85. The molecule has 0 unspecified atom stereocenters. The van der Waals surface area contributed by atoms with Crippen molar-refractivity contribution in [2.75, 3.05) is 6.61 Å². The predicted molar refractivity (Wildman–Crippen MR) is 165 cm³/mol. The van der Waals surface area contributed by atoms with Crippen molar-refractivity contribution in [3.8, 4) is 28.0 Å². The van der Waals surface area contributed by atoms with E-state index in [0.717, 1.165) is 69.4 Å². The third-order valence-corrected chi connectivity index (χ3v) is 8.23. The van der Waals surface area contributed by atoms with Gasteiger partial charge in [-0.25, -0.2) is 4.79 Å². The fourth-order valence-corrected chi connectivity index (χ4v) is 6.08. The first-order chi connectivity index (χ1) is 21.3. The van der Waals surface area contributed by atoms with Gasteiger partial charge in [0, 0.05) is 23.3 Å². The van der Waals surface area contributed by atoms with Gasteiger partial charge in [-0.15, -0.1) is 0 Å². The van der Waals surface area contributed by atoms with Gasteiger partial charge in [-0.1, -0.05) is 30.3 Å². The Bertz CT molecular complexity index is 1740. The molecule has 0 spiro atoms. The number of aromatic amines is 1. The lowest BCUT2D eigenvalue weighted by Gasteiger charge is -2.17. The number of aryl methyl sites for hydroxylation is 2. The SMILES string of the molecule is CCOC(=O)c1[nH]c2ccc(-c3ccc(C(F)(F)F)cc3)c(-c3ccc(OC4CCCC4)cc3)c2c1CCc1ccncc1. The van der Waals surface area contributed by atoms with Crippen molar-refractivity contribution in [3.05, 3.63) is 108 Å². The molecular weight excluding hydrogens is 565 g/mol. The molecule has 0 radical (unpaired) electrons. The van der Waals surface area contributed by atoms with Crippen molar-refractivity contribution >= 4 is 16.9 Å². The largest absolute Gasteiger partial charge is 0.490 e. The lowest BCUT2D eigenvalue weighted by atomic mass is 9.88. The molecule has 3 aromatic carbocycles. The number of halogens is 3. The van der Waals surface area contributed by atoms with E-state index < -0.39 is 17.7 Å². The molecule has 44 heavy (non-hydrogen) atoms. The molecule has 0 amide bonds. The summed E-state index contributed by atoms with van der Waals surface area (Å²) in [6.45, 7) is 1.99. The normalized spacial score (nSPS) is 13.8. The summed E-state index contributed by atoms with van der Waals surface area (Å²) in [4.78, 5) is 20.6. The number of hydrogen-bond acceptors (Lipinski definition) is 4. The monoisotopic (exact) mass is 598 g/mol. The maximum atomic E-state index is 13.4. The summed E-state index contributed by atoms with van der Waals surface area (Å²) in [6, 6.07) is 20.7. The van der Waals surface area contributed by atoms with E-state index >= 15 is 0 Å². The van der Waals surface area contributed by atoms with E-state index in [1.165, 1.54) is 25.0 Å². The van der Waals surface area contributed by atoms with Gasteiger partial charge < -0.3 is 14.5 Å². The number of hydrogen-bond donors (Lipinski definition) is 1. The molecule has 0 bridgehead atoms. The number of nitrogens with one attached hydrogen (secondary N) is 1. The van der Waals surface area contributed by atoms with Crippen molar-refractivity contribution in [2.24, 2.45) is 0 Å². The highest BCUT2D eigenvalue weighted by atomic mass is 19.4. The number of aromatic nitrogens is 2. The predicted octanol–water partition coefficient (Wildman–Crippen LogP) is 9.20. The summed E-state index contributed by atoms with van der Waals surface area (Å²) < 4.78 is 51.9. The number of pyridine rings is 1. The first-order valence-corrected chi connectivity index (χ1v) is 15.0. The van der Waals surface area contributed by atoms with Crippen LogP contribution in [0.3, 0.4) is 0 Å². The third kappa shape index (κ3) is 6.20. The fourth-order valence-electron chi connectivity index (χ4n) is 6.08. The number of rotatable bonds is 9. The van der Waals surface area contributed by atoms with Gasteiger partial charge in [-0.2, -0.15) is 13.2 Å². The Morgan fingerprint density at radius 3 is 2.23 bits per heavy atom. The summed E-state index contributed by atoms with van der Waals surface area (Å²) in [5, 5.41) is 0.837. The van der Waals surface area contributed by atoms with Gasteiger partial charge in [-0.3, -0.25) is 4.98 Å². The van der Waals surface area contributed by atoms with Crippen molar-refractivity contribution in [2.45, 2.75) is 57.7 Å². The van der Waals surface area contributed by atoms with Crippen LogP contribution in [0.25, 0.3) is 33.2 Å². The molecule has 1 saturated carbocycles. The Labute approximate surface area is 254 Å². The highest BCUT2D eigenvalue weighted by Gasteiger charge is 2.30. The van der Waals surface area contributed by atoms with Crippen LogP contribution in [0, 0.1) is 0 Å². The van der Waals surface area contributed by atoms with Gasteiger partial charge in [0.05, 0.1) is 18.3 Å². The number of fused-ring (bicyclic) bond motifs is 1. The molecule has 1 N–H and O–H groups in total. The number of ether oxygens (including phenoxy) is 2. The summed E-state index contributed by atoms with van der Waals surface area (Å²) in [7, 11) is 0. The van der Waals surface area contributed by atoms with Gasteiger partial charge in [-0.05, 0) is 121 Å². The van der Waals surface area contributed by atoms with Crippen LogP contribution >= 0.6 is 0 Å². The molecule has 0 atom stereocenters. The first kappa shape index (κ1) is 29.5. The van der Waals surface area contributed by atoms with Crippen molar-refractivity contribution < 1.29 is 27.4 Å². The molecule has 0 aliphatic heterocycles. The van der Waals surface area contributed by atoms with Crippen molar-refractivity contribution in [3.63, 3.8) is 0 Å². The molecular formula is C36H33F3N2O3. The maximum Gasteiger partial charge on any atom is 0.416 e. The van der Waals surface area contributed by atoms with Gasteiger partial charge in [0.2, 0.25) is 0 Å². The van der Waals surface area contributed by atoms with Crippen LogP contribution in [0.4, 0.5) is 13.2 Å². The van der Waals surface area contributed by atoms with Crippen molar-refractivity contribution in [1.29, 1.82) is 0 Å². The first-order valence-electron chi connectivity index (χ1n) is 15.0. The average Bonchev–Trinajstić information content (AvgIpc) is 3.68. The van der Waals surface area contributed by atoms with E-state index in [-0.39, 0.29) is 12.7 Å². The van der Waals surface area contributed by atoms with Crippen LogP contribution in [0.1, 0.15) is 59.8 Å². The minimum Gasteiger partial charge on any atom is -0.490 e. The van der Waals surface area contributed by atoms with E-state index in [4.69, 9.17) is 9.47 Å². The Morgan fingerprint density at radius 1 is 0.886 bits per heavy atom. The molecule has 2 aromatic heterocycles. The lowest BCUT2D eigenvalue weighted by Crippen LogP contribution is -2.10. The Hall–Kier alpha value is -4.59. The van der Waals surface area contributed by atoms with E-state index in [1.807, 2.05) is 48.5 Å². The van der Waals surface area contributed by atoms with E-state index in [2.05, 4.69) is 9.97 Å². The molecule has 226 valence electrons. The van der Waals surface area contributed by atoms with Crippen LogP contribution < -0.4 is 4.74 Å². The smallest absolute Gasteiger partial charge is 0.416 e. The van der Waals surface area contributed by atoms with E-state index in [0.29, 0.717) is 24.1 Å². The molecule has 1 aliphatic carbocycles. The number of benzene rings is 3. The number of esters is 1. The van der Waals surface area contributed by atoms with Gasteiger partial charge in [0.15, 0.2) is 0 Å². The zero-order valence-electron chi connectivity index (χ0n) is 24.4. The summed E-state index contributed by atoms with van der Waals surface area (Å²) in [5.41, 5.74) is 5.37. The van der Waals surface area contributed by atoms with Gasteiger partial charge >= 0.3 is 12.1 Å². The number of carbonyl (C=O) groups is 1. The third-order valence-electron chi connectivity index (χ3n) is 8.23. The zero-order chi connectivity index (χ0) is 30.7. The summed E-state index contributed by atoms with van der Waals surface area (Å²) in [5.74, 6) is 0.332. The van der Waals surface area contributed by atoms with Crippen LogP contribution in [-0.2, 0) is 23.8 Å². The Balaban J connectivity index is 1.52. The molecule has 1 aliphatic rings. The zero-order valence-corrected chi connectivity index (χ0v) is 24.4. The fraction of sp³-hybridized carbons (Fsp3) is 0.278. The second kappa shape index (κ2) is 12.6. The maximum absolute atomic E-state index is 13.4. The molecule has 2 heterocycles. The molecule has 8 heteroatoms. The van der Waals surface area contributed by atoms with Gasteiger partial charge in [0.25, 0.3) is 0 Å². The molecule has 5 nitrogen and oxygen atoms in total. The quantitative estimate of drug-likeness (QED) is 0.172. The molecule has 5 aromatic rings. The van der Waals surface area contributed by atoms with Crippen LogP contribution in [0.15, 0.2) is 85.2 Å². The Kier molecular flexibility index (Phi) is 8.42. The molecule has 6 rings (SSSR count). The van der Waals surface area contributed by atoms with Gasteiger partial charge in [0.1, 0.15) is 11.4 Å². The minimum absolute atomic E-state index is 0.212. The molecule has 0 saturated heterocycles. The number of H-pyrrole nitrogens is 1.